The molecule has 188 valence electrons. The lowest BCUT2D eigenvalue weighted by molar-refractivity contribution is -0.248. The largest absolute Gasteiger partial charge is 0.479 e. The van der Waals surface area contributed by atoms with Gasteiger partial charge in [-0.15, -0.1) is 0 Å². The zero-order valence-corrected chi connectivity index (χ0v) is 20.6. The minimum atomic E-state index is -2.29. The molecule has 0 amide bonds. The van der Waals surface area contributed by atoms with Gasteiger partial charge in [-0.3, -0.25) is 4.79 Å². The number of Topliss-reactive ketones (excluding diaryl/α,β-unsaturated/α-hetero) is 1. The third-order valence-electron chi connectivity index (χ3n) is 7.33. The molecule has 0 aliphatic carbocycles. The Morgan fingerprint density at radius 2 is 1.31 bits per heavy atom. The number of aliphatic hydroxyl groups is 4. The van der Waals surface area contributed by atoms with Crippen LogP contribution in [0.5, 0.6) is 0 Å². The molecule has 3 unspecified atom stereocenters. The number of aliphatic hydroxyl groups excluding tert-OH is 3. The van der Waals surface area contributed by atoms with Crippen LogP contribution in [0, 0.1) is 0 Å². The first-order chi connectivity index (χ1) is 17.1. The monoisotopic (exact) mass is 488 g/mol. The van der Waals surface area contributed by atoms with Gasteiger partial charge in [0.2, 0.25) is 11.4 Å². The number of hydrogen-bond acceptors (Lipinski definition) is 6. The van der Waals surface area contributed by atoms with Gasteiger partial charge in [-0.2, -0.15) is 0 Å². The van der Waals surface area contributed by atoms with Crippen LogP contribution in [-0.4, -0.2) is 50.1 Å². The summed E-state index contributed by atoms with van der Waals surface area (Å²) in [6, 6.07) is 26.9. The van der Waals surface area contributed by atoms with Crippen LogP contribution < -0.4 is 0 Å². The predicted molar refractivity (Wildman–Crippen MR) is 137 cm³/mol. The second-order valence-electron chi connectivity index (χ2n) is 9.52. The summed E-state index contributed by atoms with van der Waals surface area (Å²) < 4.78 is 6.13. The van der Waals surface area contributed by atoms with Gasteiger partial charge in [0.25, 0.3) is 0 Å². The zero-order chi connectivity index (χ0) is 26.1. The standard InChI is InChI=1S/C30H32O6/c1-19(21-13-7-4-8-14-21)24(31)25(32)26(33)27(34)30(35)28(20(2)22-15-9-5-10-16-22)36-29(30,3)23-17-11-6-12-18-23/h4-19,24-26,31-33,35H,1-3H3/t19?,24?,25-,26-,29?,30-/m1/s1. The SMILES string of the molecule is CC(=C1OC(C)(c2ccccc2)[C@@]1(O)C(=O)[C@H](O)[C@H](O)C(O)C(C)c1ccccc1)c1ccccc1. The number of ether oxygens (including phenoxy) is 1. The molecule has 1 saturated heterocycles. The Morgan fingerprint density at radius 1 is 0.806 bits per heavy atom. The third kappa shape index (κ3) is 4.16. The van der Waals surface area contributed by atoms with Gasteiger partial charge >= 0.3 is 0 Å². The van der Waals surface area contributed by atoms with E-state index in [0.29, 0.717) is 11.1 Å². The van der Waals surface area contributed by atoms with E-state index in [4.69, 9.17) is 4.74 Å². The second-order valence-corrected chi connectivity index (χ2v) is 9.52. The Morgan fingerprint density at radius 3 is 1.86 bits per heavy atom. The summed E-state index contributed by atoms with van der Waals surface area (Å²) in [5, 5.41) is 44.7. The molecule has 3 aromatic rings. The smallest absolute Gasteiger partial charge is 0.227 e. The van der Waals surface area contributed by atoms with Crippen molar-refractivity contribution >= 4 is 11.4 Å². The lowest BCUT2D eigenvalue weighted by atomic mass is 9.66. The Kier molecular flexibility index (Phi) is 7.16. The molecule has 36 heavy (non-hydrogen) atoms. The number of carbonyl (C=O) groups excluding carboxylic acids is 1. The maximum Gasteiger partial charge on any atom is 0.227 e. The van der Waals surface area contributed by atoms with Gasteiger partial charge in [-0.25, -0.2) is 0 Å². The van der Waals surface area contributed by atoms with Gasteiger partial charge in [0.05, 0.1) is 6.10 Å². The number of rotatable bonds is 8. The molecular formula is C30H32O6. The quantitative estimate of drug-likeness (QED) is 0.386. The number of ketones is 1. The minimum Gasteiger partial charge on any atom is -0.479 e. The first-order valence-corrected chi connectivity index (χ1v) is 12.0. The van der Waals surface area contributed by atoms with Crippen molar-refractivity contribution in [3.63, 3.8) is 0 Å². The topological polar surface area (TPSA) is 107 Å². The molecule has 3 aromatic carbocycles. The Labute approximate surface area is 211 Å². The summed E-state index contributed by atoms with van der Waals surface area (Å²) in [7, 11) is 0. The van der Waals surface area contributed by atoms with E-state index in [1.54, 1.807) is 75.4 Å². The summed E-state index contributed by atoms with van der Waals surface area (Å²) >= 11 is 0. The van der Waals surface area contributed by atoms with Gasteiger partial charge in [0.1, 0.15) is 18.0 Å². The number of hydrogen-bond donors (Lipinski definition) is 4. The van der Waals surface area contributed by atoms with Crippen molar-refractivity contribution < 1.29 is 30.0 Å². The van der Waals surface area contributed by atoms with E-state index >= 15 is 0 Å². The van der Waals surface area contributed by atoms with Gasteiger partial charge in [-0.1, -0.05) is 97.9 Å². The minimum absolute atomic E-state index is 0.00176. The average Bonchev–Trinajstić information content (AvgIpc) is 2.94. The Balaban J connectivity index is 1.72. The van der Waals surface area contributed by atoms with Crippen LogP contribution in [0.1, 0.15) is 43.4 Å². The van der Waals surface area contributed by atoms with Crippen LogP contribution >= 0.6 is 0 Å². The summed E-state index contributed by atoms with van der Waals surface area (Å²) in [5.74, 6) is -1.61. The van der Waals surface area contributed by atoms with Crippen molar-refractivity contribution in [3.8, 4) is 0 Å². The Bertz CT molecular complexity index is 1230. The van der Waals surface area contributed by atoms with E-state index in [2.05, 4.69) is 0 Å². The van der Waals surface area contributed by atoms with Crippen molar-refractivity contribution in [1.29, 1.82) is 0 Å². The molecule has 0 radical (unpaired) electrons. The number of benzene rings is 3. The van der Waals surface area contributed by atoms with Crippen molar-refractivity contribution in [2.75, 3.05) is 0 Å². The summed E-state index contributed by atoms with van der Waals surface area (Å²) in [4.78, 5) is 13.8. The van der Waals surface area contributed by atoms with Crippen LogP contribution in [0.15, 0.2) is 96.8 Å². The van der Waals surface area contributed by atoms with Crippen LogP contribution in [0.2, 0.25) is 0 Å². The maximum absolute atomic E-state index is 13.8. The fourth-order valence-electron chi connectivity index (χ4n) is 4.87. The molecule has 0 spiro atoms. The van der Waals surface area contributed by atoms with Gasteiger partial charge in [0.15, 0.2) is 5.60 Å². The van der Waals surface area contributed by atoms with Crippen LogP contribution in [0.3, 0.4) is 0 Å². The highest BCUT2D eigenvalue weighted by atomic mass is 16.6. The molecule has 6 nitrogen and oxygen atoms in total. The second kappa shape index (κ2) is 9.99. The highest BCUT2D eigenvalue weighted by Crippen LogP contribution is 2.55. The summed E-state index contributed by atoms with van der Waals surface area (Å²) in [5.41, 5.74) is -1.27. The van der Waals surface area contributed by atoms with E-state index in [-0.39, 0.29) is 5.76 Å². The molecule has 1 aliphatic rings. The molecule has 0 saturated carbocycles. The highest BCUT2D eigenvalue weighted by Gasteiger charge is 2.70. The molecule has 1 fully saturated rings. The third-order valence-corrected chi connectivity index (χ3v) is 7.33. The summed E-state index contributed by atoms with van der Waals surface area (Å²) in [6.07, 6.45) is -5.36. The van der Waals surface area contributed by atoms with Crippen molar-refractivity contribution in [3.05, 3.63) is 113 Å². The molecule has 0 aromatic heterocycles. The van der Waals surface area contributed by atoms with Gasteiger partial charge in [0, 0.05) is 5.92 Å². The van der Waals surface area contributed by atoms with E-state index in [9.17, 15) is 25.2 Å². The van der Waals surface area contributed by atoms with Crippen molar-refractivity contribution in [2.45, 2.75) is 56.2 Å². The molecule has 1 heterocycles. The molecule has 1 aliphatic heterocycles. The maximum atomic E-state index is 13.8. The first-order valence-electron chi connectivity index (χ1n) is 12.0. The summed E-state index contributed by atoms with van der Waals surface area (Å²) in [6.45, 7) is 4.99. The molecule has 0 bridgehead atoms. The fraction of sp³-hybridized carbons (Fsp3) is 0.300. The highest BCUT2D eigenvalue weighted by molar-refractivity contribution is 5.99. The number of allylic oxidation sites excluding steroid dienone is 1. The van der Waals surface area contributed by atoms with Crippen LogP contribution in [0.25, 0.3) is 5.57 Å². The lowest BCUT2D eigenvalue weighted by Crippen LogP contribution is -2.70. The van der Waals surface area contributed by atoms with Gasteiger partial charge in [-0.05, 0) is 36.1 Å². The van der Waals surface area contributed by atoms with Crippen LogP contribution in [0.4, 0.5) is 0 Å². The van der Waals surface area contributed by atoms with Crippen molar-refractivity contribution in [1.82, 2.24) is 0 Å². The fourth-order valence-corrected chi connectivity index (χ4v) is 4.87. The molecule has 6 heteroatoms. The molecule has 4 N–H and O–H groups in total. The van der Waals surface area contributed by atoms with Gasteiger partial charge < -0.3 is 25.2 Å². The first kappa shape index (κ1) is 25.8. The Hall–Kier alpha value is -3.29. The molecular weight excluding hydrogens is 456 g/mol. The van der Waals surface area contributed by atoms with Crippen molar-refractivity contribution in [2.24, 2.45) is 0 Å². The number of carbonyl (C=O) groups is 1. The molecule has 4 rings (SSSR count). The average molecular weight is 489 g/mol. The molecule has 6 atom stereocenters. The normalized spacial score (nSPS) is 26.1. The van der Waals surface area contributed by atoms with Crippen LogP contribution in [-0.2, 0) is 15.1 Å². The van der Waals surface area contributed by atoms with E-state index in [1.807, 2.05) is 36.4 Å². The van der Waals surface area contributed by atoms with E-state index in [1.165, 1.54) is 0 Å². The van der Waals surface area contributed by atoms with E-state index in [0.717, 1.165) is 11.1 Å². The zero-order valence-electron chi connectivity index (χ0n) is 20.6. The van der Waals surface area contributed by atoms with E-state index < -0.39 is 41.2 Å². The lowest BCUT2D eigenvalue weighted by Gasteiger charge is -2.56. The predicted octanol–water partition coefficient (Wildman–Crippen LogP) is 3.55.